The summed E-state index contributed by atoms with van der Waals surface area (Å²) in [5, 5.41) is 4.46. The summed E-state index contributed by atoms with van der Waals surface area (Å²) < 4.78 is 12.8. The lowest BCUT2D eigenvalue weighted by atomic mass is 10.0. The maximum atomic E-state index is 13.2. The molecule has 0 N–H and O–H groups in total. The van der Waals surface area contributed by atoms with Crippen LogP contribution in [0.25, 0.3) is 0 Å². The van der Waals surface area contributed by atoms with Gasteiger partial charge in [0.05, 0.1) is 31.0 Å². The normalized spacial score (nSPS) is 17.0. The summed E-state index contributed by atoms with van der Waals surface area (Å²) >= 11 is 0. The SMILES string of the molecule is CCOc1ncccc1C(=O)N1CCC[C@H]1c1c(C)nn(C)c1OC. The minimum atomic E-state index is -0.0654. The monoisotopic (exact) mass is 344 g/mol. The van der Waals surface area contributed by atoms with Gasteiger partial charge < -0.3 is 14.4 Å². The first kappa shape index (κ1) is 17.3. The predicted octanol–water partition coefficient (Wildman–Crippen LogP) is 2.51. The van der Waals surface area contributed by atoms with Crippen LogP contribution in [0.1, 0.15) is 47.4 Å². The number of aromatic nitrogens is 3. The number of hydrogen-bond donors (Lipinski definition) is 0. The van der Waals surface area contributed by atoms with Crippen LogP contribution in [0.3, 0.4) is 0 Å². The summed E-state index contributed by atoms with van der Waals surface area (Å²) in [5.74, 6) is 1.03. The Kier molecular flexibility index (Phi) is 4.92. The summed E-state index contributed by atoms with van der Waals surface area (Å²) in [4.78, 5) is 19.3. The highest BCUT2D eigenvalue weighted by Crippen LogP contribution is 2.39. The zero-order chi connectivity index (χ0) is 18.0. The smallest absolute Gasteiger partial charge is 0.259 e. The largest absolute Gasteiger partial charge is 0.481 e. The first-order valence-corrected chi connectivity index (χ1v) is 8.54. The van der Waals surface area contributed by atoms with Gasteiger partial charge in [0.1, 0.15) is 5.56 Å². The summed E-state index contributed by atoms with van der Waals surface area (Å²) in [7, 11) is 3.49. The number of nitrogens with zero attached hydrogens (tertiary/aromatic N) is 4. The second-order valence-corrected chi connectivity index (χ2v) is 6.08. The van der Waals surface area contributed by atoms with Crippen LogP contribution in [0.2, 0.25) is 0 Å². The number of carbonyl (C=O) groups excluding carboxylic acids is 1. The molecule has 1 aliphatic heterocycles. The first-order chi connectivity index (χ1) is 12.1. The average molecular weight is 344 g/mol. The topological polar surface area (TPSA) is 69.5 Å². The lowest BCUT2D eigenvalue weighted by Gasteiger charge is -2.25. The Balaban J connectivity index is 1.96. The van der Waals surface area contributed by atoms with Gasteiger partial charge in [-0.25, -0.2) is 9.67 Å². The molecule has 0 unspecified atom stereocenters. The van der Waals surface area contributed by atoms with Crippen molar-refractivity contribution < 1.29 is 14.3 Å². The Hall–Kier alpha value is -2.57. The standard InChI is InChI=1S/C18H24N4O3/c1-5-25-16-13(8-6-10-19-16)17(23)22-11-7-9-14(22)15-12(2)20-21(3)18(15)24-4/h6,8,10,14H,5,7,9,11H2,1-4H3/t14-/m0/s1. The molecule has 3 rings (SSSR count). The Morgan fingerprint density at radius 2 is 2.24 bits per heavy atom. The molecule has 25 heavy (non-hydrogen) atoms. The highest BCUT2D eigenvalue weighted by Gasteiger charge is 2.36. The van der Waals surface area contributed by atoms with Crippen LogP contribution in [0, 0.1) is 6.92 Å². The van der Waals surface area contributed by atoms with Gasteiger partial charge in [0.15, 0.2) is 0 Å². The van der Waals surface area contributed by atoms with Gasteiger partial charge in [0.2, 0.25) is 11.8 Å². The predicted molar refractivity (Wildman–Crippen MR) is 92.9 cm³/mol. The number of pyridine rings is 1. The summed E-state index contributed by atoms with van der Waals surface area (Å²) in [6.45, 7) is 5.00. The van der Waals surface area contributed by atoms with Crippen LogP contribution < -0.4 is 9.47 Å². The Bertz CT molecular complexity index is 772. The van der Waals surface area contributed by atoms with Gasteiger partial charge in [-0.2, -0.15) is 5.10 Å². The Morgan fingerprint density at radius 3 is 2.96 bits per heavy atom. The quantitative estimate of drug-likeness (QED) is 0.833. The van der Waals surface area contributed by atoms with Crippen molar-refractivity contribution in [2.24, 2.45) is 7.05 Å². The Morgan fingerprint density at radius 1 is 1.44 bits per heavy atom. The molecule has 1 amide bonds. The molecule has 2 aromatic rings. The molecule has 134 valence electrons. The molecule has 0 radical (unpaired) electrons. The van der Waals surface area contributed by atoms with E-state index in [2.05, 4.69) is 10.1 Å². The first-order valence-electron chi connectivity index (χ1n) is 8.54. The number of rotatable bonds is 5. The zero-order valence-electron chi connectivity index (χ0n) is 15.2. The molecule has 0 aliphatic carbocycles. The third-order valence-corrected chi connectivity index (χ3v) is 4.54. The van der Waals surface area contributed by atoms with Crippen molar-refractivity contribution >= 4 is 5.91 Å². The fourth-order valence-corrected chi connectivity index (χ4v) is 3.55. The number of carbonyl (C=O) groups is 1. The van der Waals surface area contributed by atoms with Crippen LogP contribution in [0.4, 0.5) is 0 Å². The minimum Gasteiger partial charge on any atom is -0.481 e. The van der Waals surface area contributed by atoms with Crippen molar-refractivity contribution in [2.75, 3.05) is 20.3 Å². The number of hydrogen-bond acceptors (Lipinski definition) is 5. The van der Waals surface area contributed by atoms with Crippen molar-refractivity contribution in [1.29, 1.82) is 0 Å². The fraction of sp³-hybridized carbons (Fsp3) is 0.500. The molecule has 0 bridgehead atoms. The molecule has 1 atom stereocenters. The van der Waals surface area contributed by atoms with Crippen LogP contribution in [-0.4, -0.2) is 45.8 Å². The van der Waals surface area contributed by atoms with Crippen molar-refractivity contribution in [3.8, 4) is 11.8 Å². The second-order valence-electron chi connectivity index (χ2n) is 6.08. The van der Waals surface area contributed by atoms with E-state index in [1.165, 1.54) is 0 Å². The summed E-state index contributed by atoms with van der Waals surface area (Å²) in [5.41, 5.74) is 2.37. The van der Waals surface area contributed by atoms with Gasteiger partial charge in [-0.05, 0) is 38.8 Å². The van der Waals surface area contributed by atoms with E-state index in [4.69, 9.17) is 9.47 Å². The number of ether oxygens (including phenoxy) is 2. The van der Waals surface area contributed by atoms with E-state index in [1.54, 1.807) is 30.1 Å². The zero-order valence-corrected chi connectivity index (χ0v) is 15.2. The fourth-order valence-electron chi connectivity index (χ4n) is 3.55. The number of likely N-dealkylation sites (tertiary alicyclic amines) is 1. The number of aryl methyl sites for hydroxylation is 2. The molecule has 1 aliphatic rings. The lowest BCUT2D eigenvalue weighted by molar-refractivity contribution is 0.0728. The van der Waals surface area contributed by atoms with E-state index >= 15 is 0 Å². The highest BCUT2D eigenvalue weighted by molar-refractivity contribution is 5.96. The molecule has 7 heteroatoms. The van der Waals surface area contributed by atoms with E-state index in [-0.39, 0.29) is 11.9 Å². The van der Waals surface area contributed by atoms with E-state index in [1.807, 2.05) is 25.8 Å². The molecule has 7 nitrogen and oxygen atoms in total. The van der Waals surface area contributed by atoms with Gasteiger partial charge in [-0.15, -0.1) is 0 Å². The van der Waals surface area contributed by atoms with E-state index in [0.29, 0.717) is 30.5 Å². The second kappa shape index (κ2) is 7.13. The Labute approximate surface area is 147 Å². The van der Waals surface area contributed by atoms with E-state index < -0.39 is 0 Å². The molecule has 1 fully saturated rings. The molecular weight excluding hydrogens is 320 g/mol. The molecule has 3 heterocycles. The van der Waals surface area contributed by atoms with Crippen molar-refractivity contribution in [3.63, 3.8) is 0 Å². The van der Waals surface area contributed by atoms with E-state index in [0.717, 1.165) is 24.1 Å². The van der Waals surface area contributed by atoms with Crippen molar-refractivity contribution in [3.05, 3.63) is 35.2 Å². The molecule has 1 saturated heterocycles. The van der Waals surface area contributed by atoms with Gasteiger partial charge in [0, 0.05) is 19.8 Å². The molecule has 0 saturated carbocycles. The molecule has 2 aromatic heterocycles. The maximum absolute atomic E-state index is 13.2. The van der Waals surface area contributed by atoms with Crippen LogP contribution >= 0.6 is 0 Å². The maximum Gasteiger partial charge on any atom is 0.259 e. The lowest BCUT2D eigenvalue weighted by Crippen LogP contribution is -2.31. The van der Waals surface area contributed by atoms with Crippen LogP contribution in [0.5, 0.6) is 11.8 Å². The highest BCUT2D eigenvalue weighted by atomic mass is 16.5. The van der Waals surface area contributed by atoms with Crippen molar-refractivity contribution in [1.82, 2.24) is 19.7 Å². The third kappa shape index (κ3) is 3.06. The van der Waals surface area contributed by atoms with Gasteiger partial charge in [0.25, 0.3) is 5.91 Å². The van der Waals surface area contributed by atoms with Gasteiger partial charge in [-0.3, -0.25) is 4.79 Å². The van der Waals surface area contributed by atoms with E-state index in [9.17, 15) is 4.79 Å². The summed E-state index contributed by atoms with van der Waals surface area (Å²) in [6, 6.07) is 3.48. The molecule has 0 aromatic carbocycles. The van der Waals surface area contributed by atoms with Crippen LogP contribution in [0.15, 0.2) is 18.3 Å². The minimum absolute atomic E-state index is 0.0502. The van der Waals surface area contributed by atoms with Crippen molar-refractivity contribution in [2.45, 2.75) is 32.7 Å². The molecule has 0 spiro atoms. The van der Waals surface area contributed by atoms with Gasteiger partial charge >= 0.3 is 0 Å². The average Bonchev–Trinajstić information content (AvgIpc) is 3.18. The van der Waals surface area contributed by atoms with Crippen LogP contribution in [-0.2, 0) is 7.05 Å². The number of amides is 1. The van der Waals surface area contributed by atoms with Gasteiger partial charge in [-0.1, -0.05) is 0 Å². The number of methoxy groups -OCH3 is 1. The third-order valence-electron chi connectivity index (χ3n) is 4.54. The summed E-state index contributed by atoms with van der Waals surface area (Å²) in [6.07, 6.45) is 3.47. The molecular formula is C18H24N4O3.